The summed E-state index contributed by atoms with van der Waals surface area (Å²) in [4.78, 5) is 2.46. The molecule has 1 N–H and O–H groups in total. The molecule has 90 valence electrons. The number of nitrogens with zero attached hydrogens (tertiary/aromatic N) is 1. The predicted octanol–water partition coefficient (Wildman–Crippen LogP) is 2.84. The summed E-state index contributed by atoms with van der Waals surface area (Å²) < 4.78 is 0. The van der Waals surface area contributed by atoms with Gasteiger partial charge in [0.25, 0.3) is 0 Å². The van der Waals surface area contributed by atoms with Gasteiger partial charge in [0, 0.05) is 18.1 Å². The highest BCUT2D eigenvalue weighted by Gasteiger charge is 2.02. The van der Waals surface area contributed by atoms with E-state index >= 15 is 0 Å². The lowest BCUT2D eigenvalue weighted by molar-refractivity contribution is 0.291. The molecule has 0 aromatic carbocycles. The molecule has 0 saturated heterocycles. The van der Waals surface area contributed by atoms with Gasteiger partial charge >= 0.3 is 0 Å². The Labute approximate surface area is 99.7 Å². The molecule has 0 rings (SSSR count). The second-order valence-corrected chi connectivity index (χ2v) is 4.09. The molecule has 0 aromatic heterocycles. The van der Waals surface area contributed by atoms with E-state index in [1.54, 1.807) is 5.54 Å². The van der Waals surface area contributed by atoms with Crippen molar-refractivity contribution in [3.63, 3.8) is 0 Å². The summed E-state index contributed by atoms with van der Waals surface area (Å²) in [6, 6.07) is 0.577. The van der Waals surface area contributed by atoms with Crippen molar-refractivity contribution in [3.05, 3.63) is 11.6 Å². The fourth-order valence-corrected chi connectivity index (χ4v) is 1.67. The van der Waals surface area contributed by atoms with Crippen molar-refractivity contribution in [3.8, 4) is 0 Å². The molecule has 0 radical (unpaired) electrons. The molecule has 3 heteroatoms. The van der Waals surface area contributed by atoms with E-state index in [0.29, 0.717) is 6.04 Å². The van der Waals surface area contributed by atoms with Crippen LogP contribution < -0.4 is 5.32 Å². The van der Waals surface area contributed by atoms with E-state index in [4.69, 9.17) is 11.6 Å². The number of hydrogen-bond donors (Lipinski definition) is 1. The van der Waals surface area contributed by atoms with Gasteiger partial charge in [0.05, 0.1) is 0 Å². The maximum Gasteiger partial charge on any atom is 0.0148 e. The minimum absolute atomic E-state index is 0.577. The maximum atomic E-state index is 5.44. The quantitative estimate of drug-likeness (QED) is 0.658. The van der Waals surface area contributed by atoms with Crippen LogP contribution in [0.3, 0.4) is 0 Å². The van der Waals surface area contributed by atoms with Gasteiger partial charge in [0.1, 0.15) is 0 Å². The summed E-state index contributed by atoms with van der Waals surface area (Å²) in [6.45, 7) is 11.1. The number of hydrogen-bond acceptors (Lipinski definition) is 2. The molecule has 1 unspecified atom stereocenters. The summed E-state index contributed by atoms with van der Waals surface area (Å²) in [5, 5.41) is 3.40. The minimum Gasteiger partial charge on any atom is -0.311 e. The number of halogens is 1. The fourth-order valence-electron chi connectivity index (χ4n) is 1.58. The zero-order valence-corrected chi connectivity index (χ0v) is 11.1. The summed E-state index contributed by atoms with van der Waals surface area (Å²) in [6.07, 6.45) is 4.43. The highest BCUT2D eigenvalue weighted by molar-refractivity contribution is 6.25. The monoisotopic (exact) mass is 232 g/mol. The maximum absolute atomic E-state index is 5.44. The Bertz CT molecular complexity index is 156. The van der Waals surface area contributed by atoms with Gasteiger partial charge in [0.2, 0.25) is 0 Å². The number of nitrogens with one attached hydrogen (secondary N) is 1. The summed E-state index contributed by atoms with van der Waals surface area (Å²) in [5.41, 5.74) is 1.57. The second-order valence-electron chi connectivity index (χ2n) is 3.84. The molecular formula is C12H25ClN2. The van der Waals surface area contributed by atoms with E-state index in [1.807, 2.05) is 6.08 Å². The van der Waals surface area contributed by atoms with Crippen molar-refractivity contribution in [1.82, 2.24) is 10.2 Å². The summed E-state index contributed by atoms with van der Waals surface area (Å²) in [5.74, 6) is 0. The van der Waals surface area contributed by atoms with Crippen LogP contribution in [-0.2, 0) is 0 Å². The smallest absolute Gasteiger partial charge is 0.0148 e. The first-order valence-electron chi connectivity index (χ1n) is 5.95. The van der Waals surface area contributed by atoms with Gasteiger partial charge in [0.15, 0.2) is 0 Å². The van der Waals surface area contributed by atoms with Crippen molar-refractivity contribution >= 4 is 11.6 Å². The van der Waals surface area contributed by atoms with Gasteiger partial charge in [-0.2, -0.15) is 0 Å². The van der Waals surface area contributed by atoms with Crippen molar-refractivity contribution in [1.29, 1.82) is 0 Å². The predicted molar refractivity (Wildman–Crippen MR) is 69.5 cm³/mol. The molecule has 0 heterocycles. The van der Waals surface area contributed by atoms with Crippen molar-refractivity contribution in [2.45, 2.75) is 39.7 Å². The van der Waals surface area contributed by atoms with Crippen LogP contribution >= 0.6 is 11.6 Å². The van der Waals surface area contributed by atoms with Crippen LogP contribution in [0.4, 0.5) is 0 Å². The lowest BCUT2D eigenvalue weighted by Crippen LogP contribution is -2.29. The Balaban J connectivity index is 3.40. The van der Waals surface area contributed by atoms with Gasteiger partial charge < -0.3 is 10.2 Å². The third-order valence-electron chi connectivity index (χ3n) is 2.68. The van der Waals surface area contributed by atoms with Gasteiger partial charge in [-0.3, -0.25) is 0 Å². The largest absolute Gasteiger partial charge is 0.311 e. The van der Waals surface area contributed by atoms with E-state index in [2.05, 4.69) is 31.0 Å². The van der Waals surface area contributed by atoms with Gasteiger partial charge in [-0.1, -0.05) is 31.5 Å². The Kier molecular flexibility index (Phi) is 10.4. The van der Waals surface area contributed by atoms with Gasteiger partial charge in [-0.05, 0) is 39.4 Å². The first-order chi connectivity index (χ1) is 7.24. The van der Waals surface area contributed by atoms with E-state index in [9.17, 15) is 0 Å². The summed E-state index contributed by atoms with van der Waals surface area (Å²) in [7, 11) is 0. The first-order valence-corrected chi connectivity index (χ1v) is 6.39. The molecule has 0 saturated carbocycles. The molecule has 0 aliphatic carbocycles. The standard InChI is InChI=1S/C12H25ClN2/c1-4-15(5-2)11-6-8-12(3)14-10-7-9-13/h7,9,12,14H,4-6,8,10-11H2,1-3H3/b9-7+. The average Bonchev–Trinajstić information content (AvgIpc) is 2.25. The Morgan fingerprint density at radius 2 is 2.00 bits per heavy atom. The molecule has 0 aliphatic heterocycles. The third-order valence-corrected chi connectivity index (χ3v) is 2.86. The molecular weight excluding hydrogens is 208 g/mol. The lowest BCUT2D eigenvalue weighted by Gasteiger charge is -2.19. The molecule has 0 aromatic rings. The van der Waals surface area contributed by atoms with Crippen LogP contribution in [0.5, 0.6) is 0 Å². The van der Waals surface area contributed by atoms with Crippen LogP contribution in [0, 0.1) is 0 Å². The van der Waals surface area contributed by atoms with E-state index < -0.39 is 0 Å². The number of rotatable bonds is 9. The third kappa shape index (κ3) is 8.91. The van der Waals surface area contributed by atoms with E-state index in [0.717, 1.165) is 19.6 Å². The fraction of sp³-hybridized carbons (Fsp3) is 0.833. The average molecular weight is 233 g/mol. The van der Waals surface area contributed by atoms with Crippen LogP contribution in [0.1, 0.15) is 33.6 Å². The van der Waals surface area contributed by atoms with Crippen LogP contribution in [0.15, 0.2) is 11.6 Å². The van der Waals surface area contributed by atoms with Crippen LogP contribution in [0.2, 0.25) is 0 Å². The molecule has 0 spiro atoms. The highest BCUT2D eigenvalue weighted by Crippen LogP contribution is 1.99. The van der Waals surface area contributed by atoms with Crippen LogP contribution in [0.25, 0.3) is 0 Å². The molecule has 0 bridgehead atoms. The SMILES string of the molecule is CCN(CC)CCCC(C)NC/C=C/Cl. The molecule has 15 heavy (non-hydrogen) atoms. The minimum atomic E-state index is 0.577. The summed E-state index contributed by atoms with van der Waals surface area (Å²) >= 11 is 5.44. The Hall–Kier alpha value is -0.0500. The highest BCUT2D eigenvalue weighted by atomic mass is 35.5. The van der Waals surface area contributed by atoms with Crippen molar-refractivity contribution in [2.75, 3.05) is 26.2 Å². The zero-order chi connectivity index (χ0) is 11.5. The second kappa shape index (κ2) is 10.5. The zero-order valence-electron chi connectivity index (χ0n) is 10.3. The molecule has 0 fully saturated rings. The van der Waals surface area contributed by atoms with Crippen molar-refractivity contribution < 1.29 is 0 Å². The normalized spacial score (nSPS) is 13.9. The molecule has 2 nitrogen and oxygen atoms in total. The molecule has 0 aliphatic rings. The Morgan fingerprint density at radius 1 is 1.33 bits per heavy atom. The molecule has 0 amide bonds. The topological polar surface area (TPSA) is 15.3 Å². The Morgan fingerprint density at radius 3 is 2.53 bits per heavy atom. The van der Waals surface area contributed by atoms with Crippen molar-refractivity contribution in [2.24, 2.45) is 0 Å². The lowest BCUT2D eigenvalue weighted by atomic mass is 10.2. The van der Waals surface area contributed by atoms with E-state index in [-0.39, 0.29) is 0 Å². The van der Waals surface area contributed by atoms with E-state index in [1.165, 1.54) is 19.4 Å². The first kappa shape index (κ1) is 14.9. The van der Waals surface area contributed by atoms with Gasteiger partial charge in [-0.15, -0.1) is 0 Å². The van der Waals surface area contributed by atoms with Crippen LogP contribution in [-0.4, -0.2) is 37.1 Å². The van der Waals surface area contributed by atoms with Gasteiger partial charge in [-0.25, -0.2) is 0 Å². The molecule has 1 atom stereocenters.